The molecule has 0 radical (unpaired) electrons. The van der Waals surface area contributed by atoms with Crippen molar-refractivity contribution < 1.29 is 23.9 Å². The Hall–Kier alpha value is -4.60. The first-order valence-electron chi connectivity index (χ1n) is 12.3. The van der Waals surface area contributed by atoms with Crippen molar-refractivity contribution in [1.29, 1.82) is 0 Å². The molecule has 38 heavy (non-hydrogen) atoms. The van der Waals surface area contributed by atoms with Gasteiger partial charge < -0.3 is 15.3 Å². The molecule has 0 aliphatic carbocycles. The van der Waals surface area contributed by atoms with E-state index in [1.165, 1.54) is 31.4 Å². The van der Waals surface area contributed by atoms with Crippen LogP contribution >= 0.6 is 0 Å². The smallest absolute Gasteiger partial charge is 0.277 e. The van der Waals surface area contributed by atoms with Gasteiger partial charge in [0.2, 0.25) is 5.95 Å². The Morgan fingerprint density at radius 3 is 2.47 bits per heavy atom. The summed E-state index contributed by atoms with van der Waals surface area (Å²) in [7, 11) is 1.47. The highest BCUT2D eigenvalue weighted by Gasteiger charge is 2.42. The summed E-state index contributed by atoms with van der Waals surface area (Å²) in [4.78, 5) is 49.7. The SMILES string of the molecule is CN1C(=O)C2=C(C1=O)N(C(CNC(=O)c1ccccc1O)Cc1ccc(-c3ccc(F)nc3)cn1)CCC2. The number of hydrogen-bond acceptors (Lipinski definition) is 7. The Kier molecular flexibility index (Phi) is 6.87. The predicted molar refractivity (Wildman–Crippen MR) is 136 cm³/mol. The molecule has 0 saturated heterocycles. The van der Waals surface area contributed by atoms with Gasteiger partial charge in [-0.1, -0.05) is 18.2 Å². The fourth-order valence-corrected chi connectivity index (χ4v) is 4.88. The number of likely N-dealkylation sites (N-methyl/N-ethyl adjacent to an activating group) is 1. The molecule has 3 aromatic rings. The predicted octanol–water partition coefficient (Wildman–Crippen LogP) is 2.68. The maximum absolute atomic E-state index is 13.2. The average molecular weight is 516 g/mol. The van der Waals surface area contributed by atoms with Crippen molar-refractivity contribution in [2.75, 3.05) is 20.1 Å². The molecule has 0 spiro atoms. The summed E-state index contributed by atoms with van der Waals surface area (Å²) in [6.07, 6.45) is 4.70. The third-order valence-corrected chi connectivity index (χ3v) is 6.89. The number of carbonyl (C=O) groups excluding carboxylic acids is 3. The van der Waals surface area contributed by atoms with E-state index in [0.717, 1.165) is 16.0 Å². The third kappa shape index (κ3) is 4.84. The molecule has 0 bridgehead atoms. The van der Waals surface area contributed by atoms with Crippen molar-refractivity contribution in [1.82, 2.24) is 25.1 Å². The van der Waals surface area contributed by atoms with Crippen LogP contribution in [0.15, 0.2) is 72.2 Å². The highest BCUT2D eigenvalue weighted by molar-refractivity contribution is 6.19. The summed E-state index contributed by atoms with van der Waals surface area (Å²) in [6.45, 7) is 0.697. The molecule has 194 valence electrons. The van der Waals surface area contributed by atoms with Gasteiger partial charge in [0, 0.05) is 61.3 Å². The number of phenols is 1. The summed E-state index contributed by atoms with van der Waals surface area (Å²) >= 11 is 0. The Labute approximate surface area is 218 Å². The maximum atomic E-state index is 13.2. The Morgan fingerprint density at radius 1 is 1.05 bits per heavy atom. The number of imide groups is 1. The second-order valence-corrected chi connectivity index (χ2v) is 9.29. The topological polar surface area (TPSA) is 116 Å². The monoisotopic (exact) mass is 515 g/mol. The van der Waals surface area contributed by atoms with Gasteiger partial charge >= 0.3 is 0 Å². The van der Waals surface area contributed by atoms with Crippen LogP contribution in [0.25, 0.3) is 11.1 Å². The van der Waals surface area contributed by atoms with Gasteiger partial charge in [-0.2, -0.15) is 4.39 Å². The van der Waals surface area contributed by atoms with Crippen LogP contribution in [-0.4, -0.2) is 68.8 Å². The molecule has 1 atom stereocenters. The molecule has 1 unspecified atom stereocenters. The molecular weight excluding hydrogens is 489 g/mol. The van der Waals surface area contributed by atoms with Gasteiger partial charge in [-0.05, 0) is 43.2 Å². The molecule has 2 aliphatic rings. The number of rotatable bonds is 7. The molecule has 9 nitrogen and oxygen atoms in total. The van der Waals surface area contributed by atoms with Crippen molar-refractivity contribution in [3.63, 3.8) is 0 Å². The normalized spacial score (nSPS) is 16.1. The third-order valence-electron chi connectivity index (χ3n) is 6.89. The van der Waals surface area contributed by atoms with Gasteiger partial charge in [0.15, 0.2) is 0 Å². The summed E-state index contributed by atoms with van der Waals surface area (Å²) in [5.41, 5.74) is 3.22. The van der Waals surface area contributed by atoms with Gasteiger partial charge in [-0.25, -0.2) is 4.98 Å². The number of benzene rings is 1. The molecule has 3 amide bonds. The van der Waals surface area contributed by atoms with Gasteiger partial charge in [0.05, 0.1) is 11.6 Å². The van der Waals surface area contributed by atoms with Crippen LogP contribution < -0.4 is 5.32 Å². The van der Waals surface area contributed by atoms with Crippen LogP contribution in [0, 0.1) is 5.95 Å². The number of aromatic nitrogens is 2. The Bertz CT molecular complexity index is 1420. The molecule has 10 heteroatoms. The molecule has 1 aromatic carbocycles. The number of amides is 3. The van der Waals surface area contributed by atoms with E-state index in [4.69, 9.17) is 0 Å². The zero-order chi connectivity index (χ0) is 26.8. The maximum Gasteiger partial charge on any atom is 0.277 e. The second kappa shape index (κ2) is 10.4. The van der Waals surface area contributed by atoms with E-state index in [1.54, 1.807) is 24.4 Å². The first-order valence-corrected chi connectivity index (χ1v) is 12.3. The Balaban J connectivity index is 1.41. The number of hydrogen-bond donors (Lipinski definition) is 2. The number of pyridine rings is 2. The summed E-state index contributed by atoms with van der Waals surface area (Å²) in [5, 5.41) is 13.0. The zero-order valence-electron chi connectivity index (χ0n) is 20.7. The van der Waals surface area contributed by atoms with Crippen molar-refractivity contribution in [2.45, 2.75) is 25.3 Å². The van der Waals surface area contributed by atoms with E-state index < -0.39 is 11.9 Å². The van der Waals surface area contributed by atoms with Gasteiger partial charge in [-0.3, -0.25) is 24.3 Å². The molecule has 2 N–H and O–H groups in total. The number of para-hydroxylation sites is 1. The van der Waals surface area contributed by atoms with Crippen LogP contribution in [0.2, 0.25) is 0 Å². The van der Waals surface area contributed by atoms with Gasteiger partial charge in [0.1, 0.15) is 11.4 Å². The van der Waals surface area contributed by atoms with Gasteiger partial charge in [-0.15, -0.1) is 0 Å². The molecule has 5 rings (SSSR count). The van der Waals surface area contributed by atoms with E-state index in [0.29, 0.717) is 42.8 Å². The number of nitrogens with one attached hydrogen (secondary N) is 1. The summed E-state index contributed by atoms with van der Waals surface area (Å²) in [6, 6.07) is 12.5. The average Bonchev–Trinajstić information content (AvgIpc) is 3.16. The number of nitrogens with zero attached hydrogens (tertiary/aromatic N) is 4. The number of phenolic OH excluding ortho intramolecular Hbond substituents is 1. The lowest BCUT2D eigenvalue weighted by atomic mass is 9.99. The molecule has 0 fully saturated rings. The zero-order valence-corrected chi connectivity index (χ0v) is 20.7. The van der Waals surface area contributed by atoms with Crippen molar-refractivity contribution in [3.8, 4) is 16.9 Å². The molecule has 4 heterocycles. The molecule has 2 aliphatic heterocycles. The first kappa shape index (κ1) is 25.1. The standard InChI is InChI=1S/C28H26FN5O4/c1-33-27(37)22-6-4-12-34(25(22)28(33)38)20(16-32-26(36)21-5-2-3-7-23(21)35)13-19-10-8-17(14-30-19)18-9-11-24(29)31-15-18/h2-3,5,7-11,14-15,20,35H,4,6,12-13,16H2,1H3,(H,32,36). The minimum Gasteiger partial charge on any atom is -0.507 e. The van der Waals surface area contributed by atoms with Crippen molar-refractivity contribution in [3.05, 3.63) is 89.4 Å². The minimum atomic E-state index is -0.562. The molecule has 2 aromatic heterocycles. The van der Waals surface area contributed by atoms with E-state index in [9.17, 15) is 23.9 Å². The fourth-order valence-electron chi connectivity index (χ4n) is 4.88. The van der Waals surface area contributed by atoms with Crippen LogP contribution in [0.3, 0.4) is 0 Å². The number of halogens is 1. The van der Waals surface area contributed by atoms with E-state index >= 15 is 0 Å². The second-order valence-electron chi connectivity index (χ2n) is 9.29. The lowest BCUT2D eigenvalue weighted by Gasteiger charge is -2.36. The lowest BCUT2D eigenvalue weighted by molar-refractivity contribution is -0.136. The molecular formula is C28H26FN5O4. The van der Waals surface area contributed by atoms with Crippen LogP contribution in [0.4, 0.5) is 4.39 Å². The summed E-state index contributed by atoms with van der Waals surface area (Å²) < 4.78 is 13.2. The lowest BCUT2D eigenvalue weighted by Crippen LogP contribution is -2.48. The first-order chi connectivity index (χ1) is 18.3. The van der Waals surface area contributed by atoms with Crippen LogP contribution in [0.5, 0.6) is 5.75 Å². The van der Waals surface area contributed by atoms with E-state index in [1.807, 2.05) is 17.0 Å². The van der Waals surface area contributed by atoms with E-state index in [2.05, 4.69) is 15.3 Å². The highest BCUT2D eigenvalue weighted by atomic mass is 19.1. The van der Waals surface area contributed by atoms with Crippen LogP contribution in [0.1, 0.15) is 28.9 Å². The van der Waals surface area contributed by atoms with E-state index in [-0.39, 0.29) is 35.7 Å². The van der Waals surface area contributed by atoms with Crippen molar-refractivity contribution in [2.24, 2.45) is 0 Å². The van der Waals surface area contributed by atoms with Crippen molar-refractivity contribution >= 4 is 17.7 Å². The quantitative estimate of drug-likeness (QED) is 0.367. The number of carbonyl (C=O) groups is 3. The number of aromatic hydroxyl groups is 1. The molecule has 0 saturated carbocycles. The fraction of sp³-hybridized carbons (Fsp3) is 0.250. The highest BCUT2D eigenvalue weighted by Crippen LogP contribution is 2.32. The largest absolute Gasteiger partial charge is 0.507 e. The van der Waals surface area contributed by atoms with Crippen LogP contribution in [-0.2, 0) is 16.0 Å². The van der Waals surface area contributed by atoms with Gasteiger partial charge in [0.25, 0.3) is 17.7 Å². The minimum absolute atomic E-state index is 0.129. The summed E-state index contributed by atoms with van der Waals surface area (Å²) in [5.74, 6) is -1.78. The Morgan fingerprint density at radius 2 is 1.79 bits per heavy atom.